The highest BCUT2D eigenvalue weighted by atomic mass is 14.9. The lowest BCUT2D eigenvalue weighted by atomic mass is 9.92. The molecule has 6 aromatic heterocycles. The van der Waals surface area contributed by atoms with Crippen LogP contribution in [0.5, 0.6) is 0 Å². The quantitative estimate of drug-likeness (QED) is 0.116. The van der Waals surface area contributed by atoms with Crippen molar-refractivity contribution in [2.45, 2.75) is 138 Å². The molecule has 26 rings (SSSR count). The van der Waals surface area contributed by atoms with Crippen molar-refractivity contribution < 1.29 is 0 Å². The van der Waals surface area contributed by atoms with Crippen LogP contribution >= 0.6 is 0 Å². The number of rotatable bonds is 12. The highest BCUT2D eigenvalue weighted by Crippen LogP contribution is 2.51. The van der Waals surface area contributed by atoms with E-state index in [0.29, 0.717) is 41.4 Å². The van der Waals surface area contributed by atoms with Crippen molar-refractivity contribution in [2.75, 3.05) is 0 Å². The van der Waals surface area contributed by atoms with Crippen LogP contribution in [0.1, 0.15) is 177 Å². The molecule has 20 aromatic carbocycles. The first-order chi connectivity index (χ1) is 64.1. The summed E-state index contributed by atoms with van der Waals surface area (Å²) < 4.78 is 7.60. The number of fused-ring (bicyclic) bond motifs is 24. The van der Waals surface area contributed by atoms with Crippen LogP contribution in [0.2, 0.25) is 0 Å². The van der Waals surface area contributed by atoms with Gasteiger partial charge in [0.05, 0.1) is 49.7 Å². The van der Waals surface area contributed by atoms with E-state index in [4.69, 9.17) is 0 Å². The molecular formula is C129H107N3. The largest absolute Gasteiger partial charge is 0.308 e. The summed E-state index contributed by atoms with van der Waals surface area (Å²) in [5, 5.41) is 31.6. The number of hydrogen-bond acceptors (Lipinski definition) is 0. The predicted octanol–water partition coefficient (Wildman–Crippen LogP) is 37.6. The van der Waals surface area contributed by atoms with Gasteiger partial charge in [0.25, 0.3) is 0 Å². The normalized spacial score (nSPS) is 12.5. The Bertz CT molecular complexity index is 8750. The van der Waals surface area contributed by atoms with Gasteiger partial charge in [0.15, 0.2) is 0 Å². The minimum absolute atomic E-state index is 0.495. The van der Waals surface area contributed by atoms with Crippen LogP contribution in [0.4, 0.5) is 0 Å². The van der Waals surface area contributed by atoms with Crippen molar-refractivity contribution in [1.82, 2.24) is 13.2 Å². The summed E-state index contributed by atoms with van der Waals surface area (Å²) in [6, 6.07) is 134. The van der Waals surface area contributed by atoms with Crippen molar-refractivity contribution in [3.8, 4) is 55.6 Å². The minimum Gasteiger partial charge on any atom is -0.308 e. The van der Waals surface area contributed by atoms with Gasteiger partial charge in [-0.2, -0.15) is 0 Å². The first-order valence-corrected chi connectivity index (χ1v) is 48.0. The standard InChI is InChI=1S/2C44H35N.C41H37N/c1-26(2)29-14-16-31-24-42-38(20-33(31)18-29)40-22-35(37-13-9-8-12-36(37)28-10-6-5-7-11-28)23-41-39-21-34-19-30(27(3)4)15-17-32(34)25-43(39)45(42)44(40)41;1-26(2)29-13-15-33-24-42-38(20-35(33)17-29)40-22-37(32-12-8-11-31(19-32)28-9-6-5-7-10-28)23-41-39-21-36-18-30(27(3)4)14-16-34(36)25-43(39)45(42)44(40)41;1-23(2)26-7-9-27(10-8-26)34-19-37-35-17-32-15-28(24(3)4)11-13-30(32)21-39(35)42-40-22-31-14-12-29(25(5)6)16-33(31)18-36(40)38(20-34)41(37)42/h2*5-27H,1-4H3;7-25H,1-6H3. The Balaban J connectivity index is 0.000000109. The summed E-state index contributed by atoms with van der Waals surface area (Å²) in [5.74, 6) is 3.52. The molecule has 132 heavy (non-hydrogen) atoms. The predicted molar refractivity (Wildman–Crippen MR) is 574 cm³/mol. The highest BCUT2D eigenvalue weighted by Gasteiger charge is 2.27. The van der Waals surface area contributed by atoms with Crippen molar-refractivity contribution in [1.29, 1.82) is 0 Å². The Morgan fingerprint density at radius 2 is 0.356 bits per heavy atom. The van der Waals surface area contributed by atoms with E-state index in [1.807, 2.05) is 0 Å². The molecule has 0 fully saturated rings. The molecule has 0 aliphatic carbocycles. The molecule has 0 bridgehead atoms. The summed E-state index contributed by atoms with van der Waals surface area (Å²) >= 11 is 0. The van der Waals surface area contributed by atoms with E-state index in [-0.39, 0.29) is 0 Å². The van der Waals surface area contributed by atoms with Gasteiger partial charge in [-0.05, 0) is 316 Å². The van der Waals surface area contributed by atoms with Crippen molar-refractivity contribution in [3.63, 3.8) is 0 Å². The lowest BCUT2D eigenvalue weighted by Crippen LogP contribution is -1.88. The summed E-state index contributed by atoms with van der Waals surface area (Å²) in [6.45, 7) is 31.8. The molecule has 0 saturated carbocycles. The molecule has 0 atom stereocenters. The van der Waals surface area contributed by atoms with Crippen LogP contribution < -0.4 is 0 Å². The van der Waals surface area contributed by atoms with Gasteiger partial charge in [-0.15, -0.1) is 0 Å². The van der Waals surface area contributed by atoms with E-state index in [9.17, 15) is 0 Å². The fourth-order valence-corrected chi connectivity index (χ4v) is 22.0. The van der Waals surface area contributed by atoms with Gasteiger partial charge in [0.2, 0.25) is 0 Å². The monoisotopic (exact) mass is 1700 g/mol. The van der Waals surface area contributed by atoms with Gasteiger partial charge in [0, 0.05) is 64.6 Å². The van der Waals surface area contributed by atoms with Gasteiger partial charge < -0.3 is 13.2 Å². The van der Waals surface area contributed by atoms with Crippen LogP contribution in [0.3, 0.4) is 0 Å². The zero-order valence-electron chi connectivity index (χ0n) is 77.9. The first-order valence-electron chi connectivity index (χ1n) is 48.0. The fraction of sp³-hybridized carbons (Fsp3) is 0.163. The van der Waals surface area contributed by atoms with Gasteiger partial charge in [-0.3, -0.25) is 0 Å². The van der Waals surface area contributed by atoms with Crippen LogP contribution in [-0.4, -0.2) is 13.2 Å². The van der Waals surface area contributed by atoms with E-state index in [1.165, 1.54) is 273 Å². The summed E-state index contributed by atoms with van der Waals surface area (Å²) in [4.78, 5) is 0. The maximum absolute atomic E-state index is 2.54. The van der Waals surface area contributed by atoms with Crippen LogP contribution in [0.25, 0.3) is 235 Å². The zero-order chi connectivity index (χ0) is 89.7. The van der Waals surface area contributed by atoms with Gasteiger partial charge >= 0.3 is 0 Å². The molecule has 0 radical (unpaired) electrons. The van der Waals surface area contributed by atoms with Crippen LogP contribution in [0.15, 0.2) is 352 Å². The third kappa shape index (κ3) is 13.2. The van der Waals surface area contributed by atoms with Crippen LogP contribution in [-0.2, 0) is 0 Å². The van der Waals surface area contributed by atoms with Crippen molar-refractivity contribution >= 4 is 179 Å². The molecule has 0 saturated heterocycles. The van der Waals surface area contributed by atoms with Crippen molar-refractivity contribution in [3.05, 3.63) is 391 Å². The Hall–Kier alpha value is -14.6. The molecule has 0 amide bonds. The van der Waals surface area contributed by atoms with E-state index in [2.05, 4.69) is 462 Å². The smallest absolute Gasteiger partial charge is 0.0620 e. The molecule has 638 valence electrons. The van der Waals surface area contributed by atoms with E-state index in [0.717, 1.165) is 0 Å². The minimum atomic E-state index is 0.495. The van der Waals surface area contributed by atoms with E-state index in [1.54, 1.807) is 0 Å². The molecule has 0 N–H and O–H groups in total. The second-order valence-corrected chi connectivity index (χ2v) is 40.2. The Morgan fingerprint density at radius 1 is 0.136 bits per heavy atom. The molecule has 3 heteroatoms. The first kappa shape index (κ1) is 80.7. The van der Waals surface area contributed by atoms with E-state index >= 15 is 0 Å². The third-order valence-electron chi connectivity index (χ3n) is 29.6. The maximum Gasteiger partial charge on any atom is 0.0620 e. The summed E-state index contributed by atoms with van der Waals surface area (Å²) in [5.41, 5.74) is 34.0. The van der Waals surface area contributed by atoms with Crippen molar-refractivity contribution in [2.24, 2.45) is 0 Å². The average molecular weight is 1700 g/mol. The SMILES string of the molecule is CC(C)c1ccc(-c2cc3c4cc5cc(C(C)C)ccc5cc4n4c5cc6ccc(C(C)C)cc6cc5c(c2)c34)cc1.CC(C)c1ccc2cc3c(cc2c1)c1cc(-c2cccc(-c4ccccc4)c2)cc2c4cc5cc(C(C)C)ccc5cc4n3c12.CC(C)c1ccc2cc3c(cc2c1)c1cc(-c2ccccc2-c2ccccc2)cc2c4cc5cc(C(C)C)ccc5cc4n3c12. The molecule has 0 unspecified atom stereocenters. The topological polar surface area (TPSA) is 13.2 Å². The Labute approximate surface area is 771 Å². The lowest BCUT2D eigenvalue weighted by molar-refractivity contribution is 0.867. The second kappa shape index (κ2) is 31.0. The molecule has 26 aromatic rings. The second-order valence-electron chi connectivity index (χ2n) is 40.2. The number of aromatic nitrogens is 3. The molecule has 6 heterocycles. The van der Waals surface area contributed by atoms with E-state index < -0.39 is 0 Å². The lowest BCUT2D eigenvalue weighted by Gasteiger charge is -2.11. The average Bonchev–Trinajstić information content (AvgIpc) is 1.54. The third-order valence-corrected chi connectivity index (χ3v) is 29.6. The molecule has 0 aliphatic heterocycles. The summed E-state index contributed by atoms with van der Waals surface area (Å²) in [6.07, 6.45) is 0. The van der Waals surface area contributed by atoms with Gasteiger partial charge in [-0.1, -0.05) is 334 Å². The van der Waals surface area contributed by atoms with Crippen LogP contribution in [0, 0.1) is 0 Å². The maximum atomic E-state index is 2.54. The molecule has 0 aliphatic rings. The molecule has 3 nitrogen and oxygen atoms in total. The number of hydrogen-bond donors (Lipinski definition) is 0. The summed E-state index contributed by atoms with van der Waals surface area (Å²) in [7, 11) is 0. The Kier molecular flexibility index (Phi) is 19.0. The Morgan fingerprint density at radius 3 is 0.636 bits per heavy atom. The number of benzene rings is 20. The highest BCUT2D eigenvalue weighted by molar-refractivity contribution is 6.31. The molecule has 0 spiro atoms. The van der Waals surface area contributed by atoms with Gasteiger partial charge in [-0.25, -0.2) is 0 Å². The van der Waals surface area contributed by atoms with Gasteiger partial charge in [0.1, 0.15) is 0 Å². The zero-order valence-corrected chi connectivity index (χ0v) is 77.9. The fourth-order valence-electron chi connectivity index (χ4n) is 22.0. The number of nitrogens with zero attached hydrogens (tertiary/aromatic N) is 3. The molecular weight excluding hydrogens is 1590 g/mol.